The Hall–Kier alpha value is -2.37. The molecule has 1 saturated heterocycles. The van der Waals surface area contributed by atoms with E-state index in [1.165, 1.54) is 0 Å². The number of carbonyl (C=O) groups excluding carboxylic acids is 2. The molecule has 24 heavy (non-hydrogen) atoms. The zero-order valence-corrected chi connectivity index (χ0v) is 14.3. The standard InChI is InChI=1S/C18H24N4O2/c1-13(2)19-17(23)15-14-9-5-8-12-22(14)16(20-15)18(24)21-10-6-3-4-7-11-21/h5,8-9,12-13H,3-4,6-7,10-11H2,1-2H3,(H,19,23). The van der Waals surface area contributed by atoms with Crippen LogP contribution in [-0.4, -0.2) is 45.2 Å². The third-order valence-corrected chi connectivity index (χ3v) is 4.27. The van der Waals surface area contributed by atoms with Crippen molar-refractivity contribution in [1.29, 1.82) is 0 Å². The van der Waals surface area contributed by atoms with Crippen LogP contribution in [0.5, 0.6) is 0 Å². The number of imidazole rings is 1. The van der Waals surface area contributed by atoms with Crippen LogP contribution in [0.1, 0.15) is 60.6 Å². The molecule has 2 aromatic rings. The Morgan fingerprint density at radius 2 is 1.83 bits per heavy atom. The summed E-state index contributed by atoms with van der Waals surface area (Å²) in [4.78, 5) is 31.6. The van der Waals surface area contributed by atoms with E-state index in [2.05, 4.69) is 10.3 Å². The number of aromatic nitrogens is 2. The highest BCUT2D eigenvalue weighted by Crippen LogP contribution is 2.17. The van der Waals surface area contributed by atoms with Crippen LogP contribution in [0.25, 0.3) is 5.52 Å². The summed E-state index contributed by atoms with van der Waals surface area (Å²) in [5.41, 5.74) is 0.969. The van der Waals surface area contributed by atoms with Crippen LogP contribution < -0.4 is 5.32 Å². The summed E-state index contributed by atoms with van der Waals surface area (Å²) < 4.78 is 1.72. The van der Waals surface area contributed by atoms with Crippen molar-refractivity contribution in [3.05, 3.63) is 35.9 Å². The molecule has 128 valence electrons. The van der Waals surface area contributed by atoms with Crippen molar-refractivity contribution >= 4 is 17.3 Å². The number of hydrogen-bond donors (Lipinski definition) is 1. The van der Waals surface area contributed by atoms with Gasteiger partial charge >= 0.3 is 0 Å². The minimum absolute atomic E-state index is 0.0164. The predicted molar refractivity (Wildman–Crippen MR) is 92.2 cm³/mol. The summed E-state index contributed by atoms with van der Waals surface area (Å²) >= 11 is 0. The van der Waals surface area contributed by atoms with E-state index in [0.717, 1.165) is 38.8 Å². The van der Waals surface area contributed by atoms with Gasteiger partial charge in [0, 0.05) is 25.3 Å². The maximum Gasteiger partial charge on any atom is 0.290 e. The Kier molecular flexibility index (Phi) is 4.83. The number of carbonyl (C=O) groups is 2. The topological polar surface area (TPSA) is 66.7 Å². The first-order valence-corrected chi connectivity index (χ1v) is 8.65. The van der Waals surface area contributed by atoms with E-state index < -0.39 is 0 Å². The van der Waals surface area contributed by atoms with Crippen molar-refractivity contribution in [2.75, 3.05) is 13.1 Å². The van der Waals surface area contributed by atoms with Crippen molar-refractivity contribution in [3.63, 3.8) is 0 Å². The number of pyridine rings is 1. The normalized spacial score (nSPS) is 15.5. The Morgan fingerprint density at radius 3 is 2.50 bits per heavy atom. The molecule has 0 bridgehead atoms. The van der Waals surface area contributed by atoms with E-state index in [1.807, 2.05) is 36.9 Å². The van der Waals surface area contributed by atoms with Crippen LogP contribution in [-0.2, 0) is 0 Å². The van der Waals surface area contributed by atoms with Crippen LogP contribution in [0.2, 0.25) is 0 Å². The van der Waals surface area contributed by atoms with Gasteiger partial charge in [-0.25, -0.2) is 4.98 Å². The van der Waals surface area contributed by atoms with Gasteiger partial charge in [0.1, 0.15) is 0 Å². The van der Waals surface area contributed by atoms with Crippen molar-refractivity contribution in [3.8, 4) is 0 Å². The highest BCUT2D eigenvalue weighted by atomic mass is 16.2. The molecular formula is C18H24N4O2. The van der Waals surface area contributed by atoms with Crippen molar-refractivity contribution in [2.45, 2.75) is 45.6 Å². The summed E-state index contributed by atoms with van der Waals surface area (Å²) in [5.74, 6) is -0.0216. The van der Waals surface area contributed by atoms with Crippen molar-refractivity contribution in [2.24, 2.45) is 0 Å². The Morgan fingerprint density at radius 1 is 1.12 bits per heavy atom. The largest absolute Gasteiger partial charge is 0.348 e. The van der Waals surface area contributed by atoms with Gasteiger partial charge in [-0.2, -0.15) is 0 Å². The van der Waals surface area contributed by atoms with Gasteiger partial charge < -0.3 is 10.2 Å². The van der Waals surface area contributed by atoms with Crippen LogP contribution in [0.3, 0.4) is 0 Å². The lowest BCUT2D eigenvalue weighted by atomic mass is 10.2. The molecule has 0 spiro atoms. The second-order valence-corrected chi connectivity index (χ2v) is 6.57. The summed E-state index contributed by atoms with van der Waals surface area (Å²) in [6.45, 7) is 5.32. The number of nitrogens with zero attached hydrogens (tertiary/aromatic N) is 3. The molecule has 0 unspecified atom stereocenters. The van der Waals surface area contributed by atoms with Gasteiger partial charge in [0.15, 0.2) is 5.69 Å². The van der Waals surface area contributed by atoms with Crippen LogP contribution in [0.15, 0.2) is 24.4 Å². The minimum atomic E-state index is -0.247. The van der Waals surface area contributed by atoms with Crippen molar-refractivity contribution in [1.82, 2.24) is 19.6 Å². The summed E-state index contributed by atoms with van der Waals surface area (Å²) in [6, 6.07) is 5.53. The molecule has 3 rings (SSSR count). The fraction of sp³-hybridized carbons (Fsp3) is 0.500. The van der Waals surface area contributed by atoms with E-state index in [4.69, 9.17) is 0 Å². The Bertz CT molecular complexity index is 743. The molecule has 0 aliphatic carbocycles. The first-order chi connectivity index (χ1) is 11.6. The molecule has 0 aromatic carbocycles. The molecule has 0 radical (unpaired) electrons. The van der Waals surface area contributed by atoms with Gasteiger partial charge in [-0.05, 0) is 38.8 Å². The zero-order chi connectivity index (χ0) is 17.1. The van der Waals surface area contributed by atoms with Crippen LogP contribution in [0.4, 0.5) is 0 Å². The van der Waals surface area contributed by atoms with E-state index in [-0.39, 0.29) is 17.9 Å². The molecule has 2 amide bonds. The first-order valence-electron chi connectivity index (χ1n) is 8.65. The smallest absolute Gasteiger partial charge is 0.290 e. The second kappa shape index (κ2) is 7.03. The lowest BCUT2D eigenvalue weighted by molar-refractivity contribution is 0.0748. The van der Waals surface area contributed by atoms with Crippen molar-refractivity contribution < 1.29 is 9.59 Å². The Balaban J connectivity index is 1.98. The van der Waals surface area contributed by atoms with E-state index in [0.29, 0.717) is 17.0 Å². The van der Waals surface area contributed by atoms with E-state index in [1.54, 1.807) is 10.6 Å². The molecule has 1 aliphatic heterocycles. The fourth-order valence-electron chi connectivity index (χ4n) is 3.10. The fourth-order valence-corrected chi connectivity index (χ4v) is 3.10. The van der Waals surface area contributed by atoms with Gasteiger partial charge in [-0.1, -0.05) is 18.9 Å². The molecule has 0 saturated carbocycles. The van der Waals surface area contributed by atoms with Gasteiger partial charge in [0.25, 0.3) is 11.8 Å². The molecule has 1 aliphatic rings. The molecule has 0 atom stereocenters. The van der Waals surface area contributed by atoms with Gasteiger partial charge in [-0.3, -0.25) is 14.0 Å². The number of amides is 2. The van der Waals surface area contributed by atoms with Crippen LogP contribution >= 0.6 is 0 Å². The van der Waals surface area contributed by atoms with Crippen LogP contribution in [0, 0.1) is 0 Å². The average molecular weight is 328 g/mol. The monoisotopic (exact) mass is 328 g/mol. The molecule has 2 aromatic heterocycles. The SMILES string of the molecule is CC(C)NC(=O)c1nc(C(=O)N2CCCCCC2)n2ccccc12. The number of rotatable bonds is 3. The highest BCUT2D eigenvalue weighted by molar-refractivity contribution is 6.02. The predicted octanol–water partition coefficient (Wildman–Crippen LogP) is 2.49. The lowest BCUT2D eigenvalue weighted by Gasteiger charge is -2.19. The lowest BCUT2D eigenvalue weighted by Crippen LogP contribution is -2.33. The number of fused-ring (bicyclic) bond motifs is 1. The maximum absolute atomic E-state index is 12.9. The maximum atomic E-state index is 12.9. The van der Waals surface area contributed by atoms with Gasteiger partial charge in [-0.15, -0.1) is 0 Å². The molecule has 1 N–H and O–H groups in total. The van der Waals surface area contributed by atoms with E-state index in [9.17, 15) is 9.59 Å². The second-order valence-electron chi connectivity index (χ2n) is 6.57. The zero-order valence-electron chi connectivity index (χ0n) is 14.3. The quantitative estimate of drug-likeness (QED) is 0.941. The van der Waals surface area contributed by atoms with Gasteiger partial charge in [0.05, 0.1) is 5.52 Å². The summed E-state index contributed by atoms with van der Waals surface area (Å²) in [6.07, 6.45) is 6.16. The Labute approximate surface area is 141 Å². The molecule has 1 fully saturated rings. The number of hydrogen-bond acceptors (Lipinski definition) is 3. The van der Waals surface area contributed by atoms with Gasteiger partial charge in [0.2, 0.25) is 5.82 Å². The molecule has 6 heteroatoms. The molecular weight excluding hydrogens is 304 g/mol. The third-order valence-electron chi connectivity index (χ3n) is 4.27. The summed E-state index contributed by atoms with van der Waals surface area (Å²) in [7, 11) is 0. The third kappa shape index (κ3) is 3.27. The summed E-state index contributed by atoms with van der Waals surface area (Å²) in [5, 5.41) is 2.85. The molecule has 3 heterocycles. The minimum Gasteiger partial charge on any atom is -0.348 e. The highest BCUT2D eigenvalue weighted by Gasteiger charge is 2.25. The molecule has 6 nitrogen and oxygen atoms in total. The average Bonchev–Trinajstić information content (AvgIpc) is 2.74. The first kappa shape index (κ1) is 16.5. The number of likely N-dealkylation sites (tertiary alicyclic amines) is 1. The van der Waals surface area contributed by atoms with E-state index >= 15 is 0 Å². The number of nitrogens with one attached hydrogen (secondary N) is 1.